The molecule has 0 saturated heterocycles. The molecule has 11 aromatic rings. The van der Waals surface area contributed by atoms with E-state index in [1.807, 2.05) is 36.4 Å². The van der Waals surface area contributed by atoms with E-state index in [2.05, 4.69) is 0 Å². The van der Waals surface area contributed by atoms with Gasteiger partial charge in [-0.2, -0.15) is 0 Å². The average molecular weight is 649 g/mol. The summed E-state index contributed by atoms with van der Waals surface area (Å²) >= 11 is 0. The van der Waals surface area contributed by atoms with Gasteiger partial charge in [-0.15, -0.1) is 0 Å². The molecule has 11 rings (SSSR count). The Bertz CT molecular complexity index is 3810. The summed E-state index contributed by atoms with van der Waals surface area (Å²) in [7, 11) is 0. The second-order valence-electron chi connectivity index (χ2n) is 12.2. The second-order valence-corrected chi connectivity index (χ2v) is 12.2. The van der Waals surface area contributed by atoms with Gasteiger partial charge in [-0.1, -0.05) is 163 Å². The zero-order valence-corrected chi connectivity index (χ0v) is 25.9. The summed E-state index contributed by atoms with van der Waals surface area (Å²) in [4.78, 5) is 0. The Morgan fingerprint density at radius 2 is 0.580 bits per heavy atom. The highest BCUT2D eigenvalue weighted by Crippen LogP contribution is 2.42. The first-order valence-corrected chi connectivity index (χ1v) is 16.0. The lowest BCUT2D eigenvalue weighted by Crippen LogP contribution is -1.88. The third kappa shape index (κ3) is 4.06. The van der Waals surface area contributed by atoms with Crippen LogP contribution < -0.4 is 0 Å². The van der Waals surface area contributed by atoms with E-state index in [0.29, 0.717) is 33.4 Å². The van der Waals surface area contributed by atoms with Crippen LogP contribution in [0.1, 0.15) is 24.7 Å². The Morgan fingerprint density at radius 1 is 0.280 bits per heavy atom. The van der Waals surface area contributed by atoms with Crippen molar-refractivity contribution >= 4 is 64.6 Å². The minimum atomic E-state index is -0.546. The van der Waals surface area contributed by atoms with Crippen LogP contribution in [-0.4, -0.2) is 0 Å². The van der Waals surface area contributed by atoms with E-state index >= 15 is 0 Å². The van der Waals surface area contributed by atoms with Crippen LogP contribution in [0.25, 0.3) is 109 Å². The van der Waals surface area contributed by atoms with Crippen LogP contribution in [0.5, 0.6) is 0 Å². The average Bonchev–Trinajstić information content (AvgIpc) is 3.33. The van der Waals surface area contributed by atoms with Crippen molar-refractivity contribution in [1.29, 1.82) is 0 Å². The molecule has 0 aliphatic heterocycles. The minimum absolute atomic E-state index is 0.0569. The molecule has 0 N–H and O–H groups in total. The molecule has 0 aliphatic rings. The third-order valence-corrected chi connectivity index (χ3v) is 9.46. The van der Waals surface area contributed by atoms with Crippen molar-refractivity contribution in [3.8, 4) is 44.5 Å². The maximum Gasteiger partial charge on any atom is 0.0630 e. The third-order valence-electron chi connectivity index (χ3n) is 9.46. The van der Waals surface area contributed by atoms with Gasteiger partial charge in [0, 0.05) is 0 Å². The Balaban J connectivity index is 1.09. The number of hydrogen-bond acceptors (Lipinski definition) is 0. The number of benzene rings is 11. The van der Waals surface area contributed by atoms with Crippen molar-refractivity contribution in [2.75, 3.05) is 0 Å². The lowest BCUT2D eigenvalue weighted by molar-refractivity contribution is 1.58. The molecule has 0 saturated carbocycles. The maximum absolute atomic E-state index is 9.26. The Hall–Kier alpha value is -6.50. The van der Waals surface area contributed by atoms with E-state index in [4.69, 9.17) is 19.2 Å². The van der Waals surface area contributed by atoms with Crippen LogP contribution in [0.15, 0.2) is 182 Å². The van der Waals surface area contributed by atoms with E-state index < -0.39 is 84.6 Å². The summed E-state index contributed by atoms with van der Waals surface area (Å²) in [5.74, 6) is 0. The first-order chi connectivity index (χ1) is 32.3. The van der Waals surface area contributed by atoms with E-state index in [0.717, 1.165) is 0 Å². The molecule has 50 heavy (non-hydrogen) atoms. The van der Waals surface area contributed by atoms with Crippen molar-refractivity contribution < 1.29 is 24.7 Å². The second kappa shape index (κ2) is 10.5. The molecule has 0 amide bonds. The Morgan fingerprint density at radius 3 is 0.980 bits per heavy atom. The summed E-state index contributed by atoms with van der Waals surface area (Å²) in [6.07, 6.45) is 0. The predicted molar refractivity (Wildman–Crippen MR) is 216 cm³/mol. The fourth-order valence-corrected chi connectivity index (χ4v) is 7.14. The first-order valence-electron chi connectivity index (χ1n) is 25.0. The monoisotopic (exact) mass is 648 g/mol. The molecule has 0 radical (unpaired) electrons. The molecular formula is C50H30. The highest BCUT2D eigenvalue weighted by Gasteiger charge is 2.15. The van der Waals surface area contributed by atoms with Crippen LogP contribution in [-0.2, 0) is 0 Å². The van der Waals surface area contributed by atoms with Gasteiger partial charge in [0.15, 0.2) is 0 Å². The van der Waals surface area contributed by atoms with Gasteiger partial charge in [-0.3, -0.25) is 0 Å². The van der Waals surface area contributed by atoms with Crippen molar-refractivity contribution in [2.45, 2.75) is 0 Å². The van der Waals surface area contributed by atoms with Crippen LogP contribution in [0, 0.1) is 0 Å². The summed E-state index contributed by atoms with van der Waals surface area (Å²) in [5.41, 5.74) is 3.76. The van der Waals surface area contributed by atoms with Crippen molar-refractivity contribution in [1.82, 2.24) is 0 Å². The minimum Gasteiger partial charge on any atom is -0.0610 e. The smallest absolute Gasteiger partial charge is 0.0610 e. The molecule has 0 nitrogen and oxygen atoms in total. The summed E-state index contributed by atoms with van der Waals surface area (Å²) in [6.45, 7) is 0. The molecule has 0 heteroatoms. The van der Waals surface area contributed by atoms with Gasteiger partial charge in [-0.05, 0) is 127 Å². The van der Waals surface area contributed by atoms with Gasteiger partial charge in [0.1, 0.15) is 0 Å². The zero-order chi connectivity index (χ0) is 48.4. The van der Waals surface area contributed by atoms with Crippen LogP contribution in [0.3, 0.4) is 0 Å². The first kappa shape index (κ1) is 15.4. The molecule has 0 aliphatic carbocycles. The summed E-state index contributed by atoms with van der Waals surface area (Å²) in [5, 5.41) is -0.276. The fourth-order valence-electron chi connectivity index (χ4n) is 7.14. The van der Waals surface area contributed by atoms with Crippen molar-refractivity contribution in [3.63, 3.8) is 0 Å². The van der Waals surface area contributed by atoms with Gasteiger partial charge >= 0.3 is 0 Å². The maximum atomic E-state index is 9.26. The molecule has 0 heterocycles. The van der Waals surface area contributed by atoms with Crippen LogP contribution in [0.4, 0.5) is 0 Å². The molecule has 0 unspecified atom stereocenters. The SMILES string of the molecule is [2H]c1c([2H])c2c([2H])c([2H])c3c([2H])c([2H])c(-c4cccc(-c5cccc(-c6cccc(-c7c([2H])c([2H])c8c([2H])c([2H])c9c([2H])c([2H])c([2H])c%10c([2H])c([2H])c7c8c9%10)c6)c5)c4)c4c([2H])c([2H])c(c1[2H])c2c34. The largest absolute Gasteiger partial charge is 0.0630 e. The van der Waals surface area contributed by atoms with Crippen molar-refractivity contribution in [3.05, 3.63) is 182 Å². The molecule has 0 aromatic heterocycles. The Kier molecular flexibility index (Phi) is 3.23. The summed E-state index contributed by atoms with van der Waals surface area (Å²) < 4.78 is 160. The highest BCUT2D eigenvalue weighted by molar-refractivity contribution is 6.26. The van der Waals surface area contributed by atoms with E-state index in [9.17, 15) is 5.48 Å². The van der Waals surface area contributed by atoms with Gasteiger partial charge in [0.05, 0.1) is 24.7 Å². The molecule has 0 bridgehead atoms. The predicted octanol–water partition coefficient (Wildman–Crippen LogP) is 14.1. The standard InChI is InChI=1S/C50H30/c1-6-31-16-18-35-20-24-43(45-26-22-33(8-1)47(31)49(35)45)41-14-4-12-39(29-41)37-10-3-11-38(28-37)40-13-5-15-42(30-40)44-25-21-36-19-17-32-7-2-9-34-23-27-46(44)50(36)48(32)34/h1-30H/i1D,2D,6D,7D,8D,9D,16D,17D,18D,19D,20D,21D,22D,23D,24D,25D,26D,27D. The van der Waals surface area contributed by atoms with Gasteiger partial charge in [0.2, 0.25) is 0 Å². The molecule has 230 valence electrons. The topological polar surface area (TPSA) is 0 Å². The molecule has 0 atom stereocenters. The van der Waals surface area contributed by atoms with E-state index in [1.54, 1.807) is 36.4 Å². The molecule has 0 fully saturated rings. The normalized spacial score (nSPS) is 17.0. The summed E-state index contributed by atoms with van der Waals surface area (Å²) in [6, 6.07) is 13.6. The van der Waals surface area contributed by atoms with E-state index in [-0.39, 0.29) is 99.9 Å². The number of rotatable bonds is 4. The highest BCUT2D eigenvalue weighted by atomic mass is 14.2. The zero-order valence-electron chi connectivity index (χ0n) is 43.9. The Labute approximate surface area is 315 Å². The van der Waals surface area contributed by atoms with Gasteiger partial charge < -0.3 is 0 Å². The molecule has 0 spiro atoms. The van der Waals surface area contributed by atoms with E-state index in [1.165, 1.54) is 0 Å². The lowest BCUT2D eigenvalue weighted by Gasteiger charge is -2.15. The van der Waals surface area contributed by atoms with Crippen LogP contribution in [0.2, 0.25) is 0 Å². The molecule has 11 aromatic carbocycles. The van der Waals surface area contributed by atoms with Crippen LogP contribution >= 0.6 is 0 Å². The quantitative estimate of drug-likeness (QED) is 0.167. The van der Waals surface area contributed by atoms with Gasteiger partial charge in [0.25, 0.3) is 0 Å². The van der Waals surface area contributed by atoms with Gasteiger partial charge in [-0.25, -0.2) is 0 Å². The lowest BCUT2D eigenvalue weighted by atomic mass is 9.88. The van der Waals surface area contributed by atoms with Crippen molar-refractivity contribution in [2.24, 2.45) is 0 Å². The fraction of sp³-hybridized carbons (Fsp3) is 0. The number of hydrogen-bond donors (Lipinski definition) is 0. The molecular weight excluding hydrogens is 601 g/mol.